The van der Waals surface area contributed by atoms with Crippen LogP contribution in [-0.4, -0.2) is 4.98 Å². The molecule has 0 amide bonds. The van der Waals surface area contributed by atoms with E-state index in [1.165, 1.54) is 0 Å². The topological polar surface area (TPSA) is 52.0 Å². The van der Waals surface area contributed by atoms with Crippen LogP contribution < -0.4 is 5.73 Å². The third-order valence-electron chi connectivity index (χ3n) is 1.68. The summed E-state index contributed by atoms with van der Waals surface area (Å²) in [7, 11) is 0. The molecule has 2 heterocycles. The maximum atomic E-state index is 5.49. The van der Waals surface area contributed by atoms with Crippen LogP contribution in [0.15, 0.2) is 29.1 Å². The Morgan fingerprint density at radius 3 is 3.18 bits per heavy atom. The van der Waals surface area contributed by atoms with Crippen LogP contribution in [-0.2, 0) is 6.54 Å². The Morgan fingerprint density at radius 1 is 1.45 bits per heavy atom. The molecular weight excluding hydrogens is 140 g/mol. The van der Waals surface area contributed by atoms with Gasteiger partial charge in [-0.1, -0.05) is 0 Å². The lowest BCUT2D eigenvalue weighted by molar-refractivity contribution is 0.614. The minimum atomic E-state index is 0.504. The molecule has 2 rings (SSSR count). The van der Waals surface area contributed by atoms with Gasteiger partial charge in [0.15, 0.2) is 5.58 Å². The zero-order valence-corrected chi connectivity index (χ0v) is 5.95. The molecule has 11 heavy (non-hydrogen) atoms. The molecule has 0 fully saturated rings. The van der Waals surface area contributed by atoms with Crippen molar-refractivity contribution < 1.29 is 4.42 Å². The fourth-order valence-corrected chi connectivity index (χ4v) is 1.11. The summed E-state index contributed by atoms with van der Waals surface area (Å²) >= 11 is 0. The summed E-state index contributed by atoms with van der Waals surface area (Å²) in [5.74, 6) is 0. The second-order valence-electron chi connectivity index (χ2n) is 2.34. The molecule has 0 aliphatic rings. The molecule has 0 radical (unpaired) electrons. The summed E-state index contributed by atoms with van der Waals surface area (Å²) in [5, 5.41) is 1.06. The molecular formula is C8H8N2O. The number of hydrogen-bond donors (Lipinski definition) is 1. The average Bonchev–Trinajstić information content (AvgIpc) is 2.50. The molecule has 3 heteroatoms. The van der Waals surface area contributed by atoms with Crippen LogP contribution in [0.4, 0.5) is 0 Å². The van der Waals surface area contributed by atoms with Crippen LogP contribution in [0.5, 0.6) is 0 Å². The van der Waals surface area contributed by atoms with Gasteiger partial charge in [-0.25, -0.2) is 0 Å². The van der Waals surface area contributed by atoms with E-state index in [0.29, 0.717) is 6.54 Å². The number of furan rings is 1. The first-order valence-electron chi connectivity index (χ1n) is 3.42. The lowest BCUT2D eigenvalue weighted by atomic mass is 10.2. The van der Waals surface area contributed by atoms with Gasteiger partial charge in [-0.15, -0.1) is 0 Å². The van der Waals surface area contributed by atoms with E-state index in [-0.39, 0.29) is 0 Å². The van der Waals surface area contributed by atoms with Crippen molar-refractivity contribution in [3.05, 3.63) is 30.3 Å². The summed E-state index contributed by atoms with van der Waals surface area (Å²) < 4.78 is 5.14. The predicted octanol–water partition coefficient (Wildman–Crippen LogP) is 1.29. The Hall–Kier alpha value is -1.35. The molecule has 2 N–H and O–H groups in total. The minimum absolute atomic E-state index is 0.504. The van der Waals surface area contributed by atoms with Gasteiger partial charge in [-0.05, 0) is 11.6 Å². The zero-order chi connectivity index (χ0) is 7.68. The third-order valence-corrected chi connectivity index (χ3v) is 1.68. The first-order valence-corrected chi connectivity index (χ1v) is 3.42. The first kappa shape index (κ1) is 6.37. The SMILES string of the molecule is NCc1cncc2occc12. The van der Waals surface area contributed by atoms with Gasteiger partial charge in [0.25, 0.3) is 0 Å². The van der Waals surface area contributed by atoms with Crippen molar-refractivity contribution in [1.82, 2.24) is 4.98 Å². The molecule has 2 aromatic rings. The van der Waals surface area contributed by atoms with Gasteiger partial charge in [0.2, 0.25) is 0 Å². The highest BCUT2D eigenvalue weighted by Crippen LogP contribution is 2.17. The van der Waals surface area contributed by atoms with E-state index in [1.807, 2.05) is 6.07 Å². The predicted molar refractivity (Wildman–Crippen MR) is 41.9 cm³/mol. The van der Waals surface area contributed by atoms with Crippen LogP contribution in [0.3, 0.4) is 0 Å². The maximum absolute atomic E-state index is 5.49. The van der Waals surface area contributed by atoms with Crippen LogP contribution in [0.2, 0.25) is 0 Å². The van der Waals surface area contributed by atoms with Crippen molar-refractivity contribution in [3.8, 4) is 0 Å². The van der Waals surface area contributed by atoms with Crippen LogP contribution in [0, 0.1) is 0 Å². The highest BCUT2D eigenvalue weighted by Gasteiger charge is 2.00. The molecule has 0 aromatic carbocycles. The van der Waals surface area contributed by atoms with Crippen LogP contribution >= 0.6 is 0 Å². The van der Waals surface area contributed by atoms with E-state index in [0.717, 1.165) is 16.5 Å². The number of pyridine rings is 1. The number of rotatable bonds is 1. The first-order chi connectivity index (χ1) is 5.42. The Bertz CT molecular complexity index is 367. The molecule has 3 nitrogen and oxygen atoms in total. The van der Waals surface area contributed by atoms with Gasteiger partial charge in [-0.2, -0.15) is 0 Å². The molecule has 0 saturated heterocycles. The Labute approximate surface area is 63.8 Å². The fraction of sp³-hybridized carbons (Fsp3) is 0.125. The number of hydrogen-bond acceptors (Lipinski definition) is 3. The fourth-order valence-electron chi connectivity index (χ4n) is 1.11. The normalized spacial score (nSPS) is 10.6. The molecule has 0 spiro atoms. The minimum Gasteiger partial charge on any atom is -0.463 e. The van der Waals surface area contributed by atoms with E-state index < -0.39 is 0 Å². The smallest absolute Gasteiger partial charge is 0.152 e. The quantitative estimate of drug-likeness (QED) is 0.662. The van der Waals surface area contributed by atoms with E-state index in [9.17, 15) is 0 Å². The molecule has 56 valence electrons. The molecule has 0 aliphatic carbocycles. The third kappa shape index (κ3) is 0.897. The standard InChI is InChI=1S/C8H8N2O/c9-3-6-4-10-5-8-7(6)1-2-11-8/h1-2,4-5H,3,9H2. The maximum Gasteiger partial charge on any atom is 0.152 e. The molecule has 0 aliphatic heterocycles. The number of nitrogens with zero attached hydrogens (tertiary/aromatic N) is 1. The second kappa shape index (κ2) is 2.36. The summed E-state index contributed by atoms with van der Waals surface area (Å²) in [6, 6.07) is 1.90. The van der Waals surface area contributed by atoms with Crippen molar-refractivity contribution in [3.63, 3.8) is 0 Å². The molecule has 0 unspecified atom stereocenters. The van der Waals surface area contributed by atoms with Crippen molar-refractivity contribution in [2.75, 3.05) is 0 Å². The Kier molecular flexibility index (Phi) is 1.36. The number of nitrogens with two attached hydrogens (primary N) is 1. The van der Waals surface area contributed by atoms with E-state index in [1.54, 1.807) is 18.7 Å². The largest absolute Gasteiger partial charge is 0.463 e. The second-order valence-corrected chi connectivity index (χ2v) is 2.34. The highest BCUT2D eigenvalue weighted by atomic mass is 16.3. The van der Waals surface area contributed by atoms with Crippen molar-refractivity contribution >= 4 is 11.0 Å². The van der Waals surface area contributed by atoms with Gasteiger partial charge in [0.1, 0.15) is 0 Å². The van der Waals surface area contributed by atoms with Gasteiger partial charge in [-0.3, -0.25) is 4.98 Å². The number of aromatic nitrogens is 1. The summed E-state index contributed by atoms with van der Waals surface area (Å²) in [6.07, 6.45) is 5.10. The summed E-state index contributed by atoms with van der Waals surface area (Å²) in [6.45, 7) is 0.504. The van der Waals surface area contributed by atoms with Gasteiger partial charge in [0.05, 0.1) is 12.5 Å². The summed E-state index contributed by atoms with van der Waals surface area (Å²) in [5.41, 5.74) is 7.32. The Balaban J connectivity index is 2.79. The lowest BCUT2D eigenvalue weighted by Gasteiger charge is -1.94. The van der Waals surface area contributed by atoms with Gasteiger partial charge < -0.3 is 10.2 Å². The van der Waals surface area contributed by atoms with E-state index in [4.69, 9.17) is 10.2 Å². The number of fused-ring (bicyclic) bond motifs is 1. The van der Waals surface area contributed by atoms with Crippen molar-refractivity contribution in [2.24, 2.45) is 5.73 Å². The summed E-state index contributed by atoms with van der Waals surface area (Å²) in [4.78, 5) is 3.98. The molecule has 0 bridgehead atoms. The lowest BCUT2D eigenvalue weighted by Crippen LogP contribution is -1.96. The Morgan fingerprint density at radius 2 is 2.36 bits per heavy atom. The van der Waals surface area contributed by atoms with E-state index in [2.05, 4.69) is 4.98 Å². The van der Waals surface area contributed by atoms with Crippen LogP contribution in [0.1, 0.15) is 5.56 Å². The monoisotopic (exact) mass is 148 g/mol. The van der Waals surface area contributed by atoms with Gasteiger partial charge in [0, 0.05) is 18.1 Å². The highest BCUT2D eigenvalue weighted by molar-refractivity contribution is 5.79. The van der Waals surface area contributed by atoms with Gasteiger partial charge >= 0.3 is 0 Å². The molecule has 0 saturated carbocycles. The molecule has 2 aromatic heterocycles. The van der Waals surface area contributed by atoms with Crippen LogP contribution in [0.25, 0.3) is 11.0 Å². The van der Waals surface area contributed by atoms with E-state index >= 15 is 0 Å². The molecule has 0 atom stereocenters. The van der Waals surface area contributed by atoms with Crippen molar-refractivity contribution in [2.45, 2.75) is 6.54 Å². The van der Waals surface area contributed by atoms with Crippen molar-refractivity contribution in [1.29, 1.82) is 0 Å². The average molecular weight is 148 g/mol. The zero-order valence-electron chi connectivity index (χ0n) is 5.95.